The fourth-order valence-corrected chi connectivity index (χ4v) is 5.33. The number of fused-ring (bicyclic) bond motifs is 1. The van der Waals surface area contributed by atoms with Gasteiger partial charge in [-0.25, -0.2) is 0 Å². The zero-order valence-corrected chi connectivity index (χ0v) is 17.9. The minimum Gasteiger partial charge on any atom is -0.348 e. The summed E-state index contributed by atoms with van der Waals surface area (Å²) in [7, 11) is 0. The molecular weight excluding hydrogens is 398 g/mol. The van der Waals surface area contributed by atoms with Gasteiger partial charge < -0.3 is 14.4 Å². The number of carbonyl (C=O) groups is 2. The van der Waals surface area contributed by atoms with Gasteiger partial charge in [-0.2, -0.15) is 0 Å². The molecule has 5 rings (SSSR count). The fraction of sp³-hybridized carbons (Fsp3) is 0.500. The molecule has 2 saturated carbocycles. The Hall–Kier alpha value is -2.27. The Morgan fingerprint density at radius 3 is 2.50 bits per heavy atom. The van der Waals surface area contributed by atoms with E-state index in [2.05, 4.69) is 16.8 Å². The van der Waals surface area contributed by atoms with Crippen LogP contribution in [0.2, 0.25) is 5.02 Å². The van der Waals surface area contributed by atoms with Gasteiger partial charge in [-0.05, 0) is 49.4 Å². The van der Waals surface area contributed by atoms with Crippen molar-refractivity contribution in [1.29, 1.82) is 0 Å². The molecule has 158 valence electrons. The fourth-order valence-electron chi connectivity index (χ4n) is 5.09. The zero-order chi connectivity index (χ0) is 20.7. The molecule has 0 bridgehead atoms. The molecule has 1 aromatic heterocycles. The van der Waals surface area contributed by atoms with Crippen molar-refractivity contribution in [2.45, 2.75) is 57.2 Å². The highest BCUT2D eigenvalue weighted by molar-refractivity contribution is 6.31. The van der Waals surface area contributed by atoms with E-state index in [1.807, 2.05) is 40.1 Å². The van der Waals surface area contributed by atoms with Crippen molar-refractivity contribution in [3.05, 3.63) is 58.9 Å². The lowest BCUT2D eigenvalue weighted by molar-refractivity contribution is -0.144. The Morgan fingerprint density at radius 1 is 1.00 bits per heavy atom. The molecule has 2 aliphatic carbocycles. The third kappa shape index (κ3) is 3.64. The minimum atomic E-state index is -0.224. The third-order valence-corrected chi connectivity index (χ3v) is 7.18. The first-order valence-corrected chi connectivity index (χ1v) is 11.5. The van der Waals surface area contributed by atoms with Crippen LogP contribution in [0.15, 0.2) is 42.6 Å². The molecule has 0 N–H and O–H groups in total. The average molecular weight is 426 g/mol. The molecule has 0 unspecified atom stereocenters. The van der Waals surface area contributed by atoms with Gasteiger partial charge in [0.1, 0.15) is 6.54 Å². The maximum Gasteiger partial charge on any atom is 0.243 e. The molecule has 2 amide bonds. The molecule has 1 aliphatic heterocycles. The van der Waals surface area contributed by atoms with Crippen LogP contribution in [-0.2, 0) is 16.1 Å². The number of carbonyl (C=O) groups excluding carboxylic acids is 2. The molecular formula is C24H28ClN3O2. The van der Waals surface area contributed by atoms with Crippen LogP contribution in [0.1, 0.15) is 55.8 Å². The average Bonchev–Trinajstić information content (AvgIpc) is 3.24. The van der Waals surface area contributed by atoms with Crippen LogP contribution < -0.4 is 0 Å². The van der Waals surface area contributed by atoms with E-state index in [9.17, 15) is 9.59 Å². The highest BCUT2D eigenvalue weighted by Crippen LogP contribution is 2.37. The lowest BCUT2D eigenvalue weighted by Crippen LogP contribution is -2.49. The Kier molecular flexibility index (Phi) is 5.32. The molecule has 30 heavy (non-hydrogen) atoms. The van der Waals surface area contributed by atoms with E-state index in [1.165, 1.54) is 0 Å². The predicted molar refractivity (Wildman–Crippen MR) is 116 cm³/mol. The second-order valence-electron chi connectivity index (χ2n) is 8.82. The molecule has 0 radical (unpaired) electrons. The first-order valence-electron chi connectivity index (χ1n) is 11.1. The van der Waals surface area contributed by atoms with Gasteiger partial charge in [0, 0.05) is 42.0 Å². The normalized spacial score (nSPS) is 21.5. The smallest absolute Gasteiger partial charge is 0.243 e. The summed E-state index contributed by atoms with van der Waals surface area (Å²) >= 11 is 6.55. The summed E-state index contributed by atoms with van der Waals surface area (Å²) in [6, 6.07) is 11.9. The van der Waals surface area contributed by atoms with E-state index < -0.39 is 0 Å². The lowest BCUT2D eigenvalue weighted by Gasteiger charge is -2.39. The molecule has 2 aromatic rings. The van der Waals surface area contributed by atoms with Crippen LogP contribution >= 0.6 is 11.6 Å². The van der Waals surface area contributed by atoms with Gasteiger partial charge in [-0.3, -0.25) is 9.59 Å². The van der Waals surface area contributed by atoms with E-state index in [1.54, 1.807) is 0 Å². The van der Waals surface area contributed by atoms with Gasteiger partial charge >= 0.3 is 0 Å². The van der Waals surface area contributed by atoms with E-state index in [0.717, 1.165) is 56.3 Å². The summed E-state index contributed by atoms with van der Waals surface area (Å²) < 4.78 is 2.19. The summed E-state index contributed by atoms with van der Waals surface area (Å²) in [5, 5.41) is 0.663. The molecule has 2 fully saturated rings. The number of hydrogen-bond donors (Lipinski definition) is 0. The first kappa shape index (κ1) is 19.7. The van der Waals surface area contributed by atoms with Crippen molar-refractivity contribution >= 4 is 23.4 Å². The summed E-state index contributed by atoms with van der Waals surface area (Å²) in [5.74, 6) is 0.319. The van der Waals surface area contributed by atoms with Crippen molar-refractivity contribution in [2.75, 3.05) is 13.1 Å². The number of amides is 2. The van der Waals surface area contributed by atoms with Crippen LogP contribution in [0.5, 0.6) is 0 Å². The van der Waals surface area contributed by atoms with Gasteiger partial charge in [0.2, 0.25) is 11.8 Å². The lowest BCUT2D eigenvalue weighted by atomic mass is 9.99. The van der Waals surface area contributed by atoms with E-state index in [-0.39, 0.29) is 36.4 Å². The maximum atomic E-state index is 13.6. The number of aromatic nitrogens is 1. The summed E-state index contributed by atoms with van der Waals surface area (Å²) in [5.41, 5.74) is 2.01. The summed E-state index contributed by atoms with van der Waals surface area (Å²) in [6.07, 6.45) is 8.28. The Labute approximate surface area is 182 Å². The monoisotopic (exact) mass is 425 g/mol. The third-order valence-electron chi connectivity index (χ3n) is 6.84. The van der Waals surface area contributed by atoms with Crippen LogP contribution in [0, 0.1) is 5.92 Å². The standard InChI is InChI=1S/C24H28ClN3O2/c25-20-9-4-3-8-19(20)23-21-10-5-13-26(21)14-15-27(23)22(29)16-28(18-11-12-18)24(30)17-6-1-2-7-17/h3-5,8-10,13,17-18,23H,1-2,6-7,11-12,14-16H2/t23-/m1/s1. The number of rotatable bonds is 5. The first-order chi connectivity index (χ1) is 14.6. The van der Waals surface area contributed by atoms with Crippen molar-refractivity contribution < 1.29 is 9.59 Å². The highest BCUT2D eigenvalue weighted by atomic mass is 35.5. The van der Waals surface area contributed by atoms with Gasteiger partial charge in [0.05, 0.1) is 6.04 Å². The largest absolute Gasteiger partial charge is 0.348 e. The molecule has 2 heterocycles. The topological polar surface area (TPSA) is 45.6 Å². The number of nitrogens with zero attached hydrogens (tertiary/aromatic N) is 3. The molecule has 6 heteroatoms. The highest BCUT2D eigenvalue weighted by Gasteiger charge is 2.40. The summed E-state index contributed by atoms with van der Waals surface area (Å²) in [4.78, 5) is 30.5. The van der Waals surface area contributed by atoms with Gasteiger partial charge in [-0.1, -0.05) is 42.6 Å². The zero-order valence-electron chi connectivity index (χ0n) is 17.2. The van der Waals surface area contributed by atoms with Crippen LogP contribution in [0.3, 0.4) is 0 Å². The van der Waals surface area contributed by atoms with Crippen LogP contribution in [0.4, 0.5) is 0 Å². The molecule has 3 aliphatic rings. The van der Waals surface area contributed by atoms with Gasteiger partial charge in [0.15, 0.2) is 0 Å². The minimum absolute atomic E-state index is 0.0191. The summed E-state index contributed by atoms with van der Waals surface area (Å²) in [6.45, 7) is 1.56. The quantitative estimate of drug-likeness (QED) is 0.718. The Bertz CT molecular complexity index is 945. The number of benzene rings is 1. The molecule has 1 atom stereocenters. The van der Waals surface area contributed by atoms with Crippen LogP contribution in [0.25, 0.3) is 0 Å². The molecule has 0 spiro atoms. The second-order valence-corrected chi connectivity index (χ2v) is 9.22. The molecule has 0 saturated heterocycles. The molecule has 5 nitrogen and oxygen atoms in total. The SMILES string of the molecule is O=C(C1CCCC1)N(CC(=O)N1CCn2cccc2[C@H]1c1ccccc1Cl)C1CC1. The van der Waals surface area contributed by atoms with E-state index in [4.69, 9.17) is 11.6 Å². The second kappa shape index (κ2) is 8.10. The van der Waals surface area contributed by atoms with E-state index in [0.29, 0.717) is 11.6 Å². The predicted octanol–water partition coefficient (Wildman–Crippen LogP) is 4.25. The van der Waals surface area contributed by atoms with Gasteiger partial charge in [0.25, 0.3) is 0 Å². The van der Waals surface area contributed by atoms with Crippen molar-refractivity contribution in [2.24, 2.45) is 5.92 Å². The van der Waals surface area contributed by atoms with Crippen molar-refractivity contribution in [3.63, 3.8) is 0 Å². The number of halogens is 1. The van der Waals surface area contributed by atoms with Crippen molar-refractivity contribution in [3.8, 4) is 0 Å². The molecule has 1 aromatic carbocycles. The van der Waals surface area contributed by atoms with Crippen LogP contribution in [-0.4, -0.2) is 45.3 Å². The van der Waals surface area contributed by atoms with Crippen molar-refractivity contribution in [1.82, 2.24) is 14.4 Å². The van der Waals surface area contributed by atoms with Gasteiger partial charge in [-0.15, -0.1) is 0 Å². The maximum absolute atomic E-state index is 13.6. The Morgan fingerprint density at radius 2 is 1.77 bits per heavy atom. The van der Waals surface area contributed by atoms with E-state index >= 15 is 0 Å². The Balaban J connectivity index is 1.42. The number of hydrogen-bond acceptors (Lipinski definition) is 2.